The molecule has 0 unspecified atom stereocenters. The second-order valence-electron chi connectivity index (χ2n) is 4.56. The second kappa shape index (κ2) is 5.52. The standard InChI is InChI=1S/C13H18N2O.ClH/c1-15(11-7-3-2-4-8-11)12(16)13(14)9-5-6-10-13;/h2-4,7-8H,5-6,9-10,14H2,1H3;1H. The van der Waals surface area contributed by atoms with E-state index < -0.39 is 5.54 Å². The lowest BCUT2D eigenvalue weighted by atomic mass is 9.97. The Kier molecular flexibility index (Phi) is 4.54. The van der Waals surface area contributed by atoms with Crippen LogP contribution in [0.15, 0.2) is 30.3 Å². The number of likely N-dealkylation sites (N-methyl/N-ethyl adjacent to an activating group) is 1. The summed E-state index contributed by atoms with van der Waals surface area (Å²) in [6.45, 7) is 0. The number of rotatable bonds is 2. The van der Waals surface area contributed by atoms with Gasteiger partial charge in [0.15, 0.2) is 0 Å². The third-order valence-electron chi connectivity index (χ3n) is 3.37. The molecule has 17 heavy (non-hydrogen) atoms. The van der Waals surface area contributed by atoms with Crippen molar-refractivity contribution in [1.82, 2.24) is 0 Å². The molecule has 0 heterocycles. The van der Waals surface area contributed by atoms with Crippen molar-refractivity contribution in [2.24, 2.45) is 5.73 Å². The molecule has 1 aliphatic carbocycles. The van der Waals surface area contributed by atoms with Crippen molar-refractivity contribution in [2.45, 2.75) is 31.2 Å². The largest absolute Gasteiger partial charge is 0.317 e. The lowest BCUT2D eigenvalue weighted by Crippen LogP contribution is -2.52. The predicted molar refractivity (Wildman–Crippen MR) is 72.5 cm³/mol. The van der Waals surface area contributed by atoms with Crippen molar-refractivity contribution >= 4 is 24.0 Å². The molecule has 1 saturated carbocycles. The summed E-state index contributed by atoms with van der Waals surface area (Å²) in [6, 6.07) is 9.65. The molecule has 0 aliphatic heterocycles. The maximum absolute atomic E-state index is 12.3. The highest BCUT2D eigenvalue weighted by Crippen LogP contribution is 2.30. The van der Waals surface area contributed by atoms with E-state index in [9.17, 15) is 4.79 Å². The van der Waals surface area contributed by atoms with Crippen molar-refractivity contribution in [3.8, 4) is 0 Å². The Morgan fingerprint density at radius 3 is 2.29 bits per heavy atom. The Hall–Kier alpha value is -1.06. The average molecular weight is 255 g/mol. The predicted octanol–water partition coefficient (Wildman–Crippen LogP) is 2.34. The SMILES string of the molecule is CN(C(=O)C1(N)CCCC1)c1ccccc1.Cl. The first kappa shape index (κ1) is 14.0. The minimum atomic E-state index is -0.634. The number of nitrogens with zero attached hydrogens (tertiary/aromatic N) is 1. The van der Waals surface area contributed by atoms with Crippen molar-refractivity contribution in [1.29, 1.82) is 0 Å². The second-order valence-corrected chi connectivity index (χ2v) is 4.56. The molecule has 1 fully saturated rings. The fraction of sp³-hybridized carbons (Fsp3) is 0.462. The molecule has 2 N–H and O–H groups in total. The first-order valence-corrected chi connectivity index (χ1v) is 5.76. The monoisotopic (exact) mass is 254 g/mol. The molecule has 4 heteroatoms. The number of anilines is 1. The highest BCUT2D eigenvalue weighted by atomic mass is 35.5. The van der Waals surface area contributed by atoms with Gasteiger partial charge in [-0.25, -0.2) is 0 Å². The number of carbonyl (C=O) groups excluding carboxylic acids is 1. The van der Waals surface area contributed by atoms with Crippen LogP contribution in [0.1, 0.15) is 25.7 Å². The van der Waals surface area contributed by atoms with Crippen molar-refractivity contribution in [2.75, 3.05) is 11.9 Å². The van der Waals surface area contributed by atoms with Gasteiger partial charge >= 0.3 is 0 Å². The van der Waals surface area contributed by atoms with Crippen LogP contribution in [0.25, 0.3) is 0 Å². The number of para-hydroxylation sites is 1. The molecule has 0 aromatic heterocycles. The van der Waals surface area contributed by atoms with Gasteiger partial charge < -0.3 is 10.6 Å². The quantitative estimate of drug-likeness (QED) is 0.881. The molecular formula is C13H19ClN2O. The number of carbonyl (C=O) groups is 1. The first-order chi connectivity index (χ1) is 7.63. The van der Waals surface area contributed by atoms with E-state index in [4.69, 9.17) is 5.73 Å². The fourth-order valence-corrected chi connectivity index (χ4v) is 2.32. The van der Waals surface area contributed by atoms with Crippen LogP contribution in [0.4, 0.5) is 5.69 Å². The van der Waals surface area contributed by atoms with Crippen LogP contribution < -0.4 is 10.6 Å². The maximum Gasteiger partial charge on any atom is 0.246 e. The van der Waals surface area contributed by atoms with Gasteiger partial charge in [0.05, 0.1) is 5.54 Å². The van der Waals surface area contributed by atoms with Gasteiger partial charge in [-0.1, -0.05) is 31.0 Å². The molecule has 3 nitrogen and oxygen atoms in total. The maximum atomic E-state index is 12.3. The average Bonchev–Trinajstić information content (AvgIpc) is 2.77. The number of hydrogen-bond donors (Lipinski definition) is 1. The molecule has 0 radical (unpaired) electrons. The molecule has 1 aromatic rings. The van der Waals surface area contributed by atoms with Crippen LogP contribution >= 0.6 is 12.4 Å². The molecule has 94 valence electrons. The van der Waals surface area contributed by atoms with Gasteiger partial charge in [-0.15, -0.1) is 12.4 Å². The number of amides is 1. The van der Waals surface area contributed by atoms with Crippen LogP contribution in [-0.4, -0.2) is 18.5 Å². The number of nitrogens with two attached hydrogens (primary N) is 1. The Balaban J connectivity index is 0.00000144. The van der Waals surface area contributed by atoms with E-state index in [0.29, 0.717) is 0 Å². The fourth-order valence-electron chi connectivity index (χ4n) is 2.32. The zero-order chi connectivity index (χ0) is 11.6. The number of benzene rings is 1. The molecule has 1 aromatic carbocycles. The van der Waals surface area contributed by atoms with Gasteiger partial charge in [-0.2, -0.15) is 0 Å². The molecular weight excluding hydrogens is 236 g/mol. The Bertz CT molecular complexity index is 374. The lowest BCUT2D eigenvalue weighted by molar-refractivity contribution is -0.123. The van der Waals surface area contributed by atoms with Crippen LogP contribution in [0.3, 0.4) is 0 Å². The molecule has 0 saturated heterocycles. The smallest absolute Gasteiger partial charge is 0.246 e. The van der Waals surface area contributed by atoms with Gasteiger partial charge in [-0.05, 0) is 25.0 Å². The summed E-state index contributed by atoms with van der Waals surface area (Å²) in [5, 5.41) is 0. The topological polar surface area (TPSA) is 46.3 Å². The molecule has 0 spiro atoms. The molecule has 0 atom stereocenters. The number of halogens is 1. The van der Waals surface area contributed by atoms with E-state index in [1.165, 1.54) is 0 Å². The van der Waals surface area contributed by atoms with Gasteiger partial charge in [0, 0.05) is 12.7 Å². The highest BCUT2D eigenvalue weighted by Gasteiger charge is 2.39. The van der Waals surface area contributed by atoms with Gasteiger partial charge in [-0.3, -0.25) is 4.79 Å². The van der Waals surface area contributed by atoms with Crippen molar-refractivity contribution in [3.63, 3.8) is 0 Å². The zero-order valence-corrected chi connectivity index (χ0v) is 10.9. The van der Waals surface area contributed by atoms with E-state index in [2.05, 4.69) is 0 Å². The van der Waals surface area contributed by atoms with Crippen molar-refractivity contribution in [3.05, 3.63) is 30.3 Å². The Morgan fingerprint density at radius 1 is 1.24 bits per heavy atom. The summed E-state index contributed by atoms with van der Waals surface area (Å²) in [5.41, 5.74) is 6.42. The molecule has 0 bridgehead atoms. The Morgan fingerprint density at radius 2 is 1.76 bits per heavy atom. The normalized spacial score (nSPS) is 17.3. The van der Waals surface area contributed by atoms with Gasteiger partial charge in [0.25, 0.3) is 0 Å². The van der Waals surface area contributed by atoms with Crippen LogP contribution in [-0.2, 0) is 4.79 Å². The van der Waals surface area contributed by atoms with Gasteiger partial charge in [0.2, 0.25) is 5.91 Å². The molecule has 2 rings (SSSR count). The van der Waals surface area contributed by atoms with E-state index in [1.54, 1.807) is 11.9 Å². The lowest BCUT2D eigenvalue weighted by Gasteiger charge is -2.28. The van der Waals surface area contributed by atoms with E-state index in [0.717, 1.165) is 31.4 Å². The summed E-state index contributed by atoms with van der Waals surface area (Å²) in [5.74, 6) is 0.0381. The van der Waals surface area contributed by atoms with Crippen molar-refractivity contribution < 1.29 is 4.79 Å². The molecule has 1 amide bonds. The summed E-state index contributed by atoms with van der Waals surface area (Å²) >= 11 is 0. The highest BCUT2D eigenvalue weighted by molar-refractivity contribution is 5.99. The van der Waals surface area contributed by atoms with E-state index in [1.807, 2.05) is 30.3 Å². The minimum absolute atomic E-state index is 0. The van der Waals surface area contributed by atoms with E-state index >= 15 is 0 Å². The van der Waals surface area contributed by atoms with Crippen LogP contribution in [0.2, 0.25) is 0 Å². The third-order valence-corrected chi connectivity index (χ3v) is 3.37. The van der Waals surface area contributed by atoms with Gasteiger partial charge in [0.1, 0.15) is 0 Å². The first-order valence-electron chi connectivity index (χ1n) is 5.76. The Labute approximate surface area is 108 Å². The summed E-state index contributed by atoms with van der Waals surface area (Å²) < 4.78 is 0. The zero-order valence-electron chi connectivity index (χ0n) is 10.1. The third kappa shape index (κ3) is 2.79. The summed E-state index contributed by atoms with van der Waals surface area (Å²) in [6.07, 6.45) is 3.74. The molecule has 1 aliphatic rings. The summed E-state index contributed by atoms with van der Waals surface area (Å²) in [4.78, 5) is 13.9. The van der Waals surface area contributed by atoms with Crippen LogP contribution in [0.5, 0.6) is 0 Å². The minimum Gasteiger partial charge on any atom is -0.317 e. The van der Waals surface area contributed by atoms with Crippen LogP contribution in [0, 0.1) is 0 Å². The van der Waals surface area contributed by atoms with E-state index in [-0.39, 0.29) is 18.3 Å². The number of hydrogen-bond acceptors (Lipinski definition) is 2. The summed E-state index contributed by atoms with van der Waals surface area (Å²) in [7, 11) is 1.80.